The Labute approximate surface area is 152 Å². The van der Waals surface area contributed by atoms with Crippen molar-refractivity contribution in [2.45, 2.75) is 25.4 Å². The van der Waals surface area contributed by atoms with Crippen molar-refractivity contribution >= 4 is 23.2 Å². The van der Waals surface area contributed by atoms with Gasteiger partial charge in [0.25, 0.3) is 5.91 Å². The van der Waals surface area contributed by atoms with Crippen molar-refractivity contribution in [3.8, 4) is 0 Å². The summed E-state index contributed by atoms with van der Waals surface area (Å²) in [7, 11) is 3.44. The molecule has 3 rings (SSSR count). The molecule has 25 heavy (non-hydrogen) atoms. The number of carbonyl (C=O) groups excluding carboxylic acids is 2. The van der Waals surface area contributed by atoms with Crippen molar-refractivity contribution in [3.63, 3.8) is 0 Å². The Balaban J connectivity index is 1.68. The van der Waals surface area contributed by atoms with E-state index in [9.17, 15) is 9.59 Å². The van der Waals surface area contributed by atoms with Crippen molar-refractivity contribution in [1.82, 2.24) is 9.80 Å². The Bertz CT molecular complexity index is 604. The van der Waals surface area contributed by atoms with Crippen LogP contribution in [0.3, 0.4) is 0 Å². The van der Waals surface area contributed by atoms with Crippen LogP contribution in [-0.4, -0.2) is 74.7 Å². The number of thiophene rings is 1. The summed E-state index contributed by atoms with van der Waals surface area (Å²) in [5.74, 6) is 0.0368. The smallest absolute Gasteiger partial charge is 0.263 e. The molecule has 0 aromatic carbocycles. The zero-order valence-corrected chi connectivity index (χ0v) is 15.7. The lowest BCUT2D eigenvalue weighted by atomic mass is 9.73. The van der Waals surface area contributed by atoms with Gasteiger partial charge in [-0.3, -0.25) is 9.59 Å². The molecule has 1 aromatic heterocycles. The fraction of sp³-hybridized carbons (Fsp3) is 0.667. The molecule has 0 bridgehead atoms. The number of hydrogen-bond acceptors (Lipinski definition) is 5. The molecule has 2 fully saturated rings. The SMILES string of the molecule is CN(C)C(=O)COC[C@@]12CCCO[C@H]1CCN(C(=O)c1cccs1)C2. The van der Waals surface area contributed by atoms with E-state index < -0.39 is 0 Å². The Kier molecular flexibility index (Phi) is 5.76. The maximum Gasteiger partial charge on any atom is 0.263 e. The minimum atomic E-state index is -0.212. The van der Waals surface area contributed by atoms with Crippen LogP contribution in [0, 0.1) is 5.41 Å². The summed E-state index contributed by atoms with van der Waals surface area (Å²) in [4.78, 5) is 28.7. The van der Waals surface area contributed by atoms with E-state index in [-0.39, 0.29) is 29.9 Å². The topological polar surface area (TPSA) is 59.1 Å². The van der Waals surface area contributed by atoms with Crippen LogP contribution in [0.5, 0.6) is 0 Å². The maximum absolute atomic E-state index is 12.7. The van der Waals surface area contributed by atoms with Gasteiger partial charge in [0.15, 0.2) is 0 Å². The van der Waals surface area contributed by atoms with Crippen molar-refractivity contribution in [2.75, 3.05) is 47.0 Å². The molecule has 6 nitrogen and oxygen atoms in total. The lowest BCUT2D eigenvalue weighted by Crippen LogP contribution is -2.58. The summed E-state index contributed by atoms with van der Waals surface area (Å²) in [6.45, 7) is 2.62. The number of fused-ring (bicyclic) bond motifs is 1. The number of carbonyl (C=O) groups is 2. The van der Waals surface area contributed by atoms with E-state index in [1.165, 1.54) is 16.2 Å². The number of amides is 2. The van der Waals surface area contributed by atoms with Crippen LogP contribution in [0.1, 0.15) is 28.9 Å². The molecular weight excluding hydrogens is 340 g/mol. The number of hydrogen-bond donors (Lipinski definition) is 0. The molecule has 0 N–H and O–H groups in total. The highest BCUT2D eigenvalue weighted by Gasteiger charge is 2.47. The van der Waals surface area contributed by atoms with Gasteiger partial charge in [-0.2, -0.15) is 0 Å². The zero-order valence-electron chi connectivity index (χ0n) is 14.9. The molecule has 2 aliphatic heterocycles. The Morgan fingerprint density at radius 3 is 3.04 bits per heavy atom. The lowest BCUT2D eigenvalue weighted by Gasteiger charge is -2.50. The van der Waals surface area contributed by atoms with Gasteiger partial charge < -0.3 is 19.3 Å². The standard InChI is InChI=1S/C18H26N2O4S/c1-19(2)16(21)11-23-13-18-7-4-9-24-15(18)6-8-20(12-18)17(22)14-5-3-10-25-14/h3,5,10,15H,4,6-9,11-13H2,1-2H3/t15-,18-/m0/s1. The quantitative estimate of drug-likeness (QED) is 0.798. The largest absolute Gasteiger partial charge is 0.377 e. The highest BCUT2D eigenvalue weighted by Crippen LogP contribution is 2.41. The maximum atomic E-state index is 12.7. The third-order valence-electron chi connectivity index (χ3n) is 5.12. The van der Waals surface area contributed by atoms with Gasteiger partial charge in [-0.05, 0) is 30.7 Å². The molecular formula is C18H26N2O4S. The number of likely N-dealkylation sites (N-methyl/N-ethyl adjacent to an activating group) is 1. The van der Waals surface area contributed by atoms with Crippen LogP contribution < -0.4 is 0 Å². The second-order valence-electron chi connectivity index (χ2n) is 7.10. The van der Waals surface area contributed by atoms with Gasteiger partial charge in [-0.1, -0.05) is 6.07 Å². The van der Waals surface area contributed by atoms with Gasteiger partial charge in [-0.25, -0.2) is 0 Å². The van der Waals surface area contributed by atoms with E-state index >= 15 is 0 Å². The van der Waals surface area contributed by atoms with E-state index in [0.29, 0.717) is 19.7 Å². The molecule has 0 radical (unpaired) electrons. The van der Waals surface area contributed by atoms with Gasteiger partial charge in [0.1, 0.15) is 6.61 Å². The average molecular weight is 366 g/mol. The summed E-state index contributed by atoms with van der Waals surface area (Å²) in [6, 6.07) is 3.77. The summed E-state index contributed by atoms with van der Waals surface area (Å²) in [6.07, 6.45) is 2.84. The fourth-order valence-corrected chi connectivity index (χ4v) is 4.39. The number of rotatable bonds is 5. The molecule has 138 valence electrons. The van der Waals surface area contributed by atoms with Crippen molar-refractivity contribution in [2.24, 2.45) is 5.41 Å². The summed E-state index contributed by atoms with van der Waals surface area (Å²) < 4.78 is 11.8. The number of nitrogens with zero attached hydrogens (tertiary/aromatic N) is 2. The first kappa shape index (κ1) is 18.4. The normalized spacial score (nSPS) is 26.2. The summed E-state index contributed by atoms with van der Waals surface area (Å²) in [5, 5.41) is 1.93. The molecule has 0 unspecified atom stereocenters. The lowest BCUT2D eigenvalue weighted by molar-refractivity contribution is -0.155. The van der Waals surface area contributed by atoms with Gasteiger partial charge in [-0.15, -0.1) is 11.3 Å². The van der Waals surface area contributed by atoms with Crippen LogP contribution in [-0.2, 0) is 14.3 Å². The van der Waals surface area contributed by atoms with E-state index in [4.69, 9.17) is 9.47 Å². The molecule has 0 spiro atoms. The van der Waals surface area contributed by atoms with E-state index in [2.05, 4.69) is 0 Å². The second kappa shape index (κ2) is 7.85. The first-order valence-corrected chi connectivity index (χ1v) is 9.62. The van der Waals surface area contributed by atoms with Gasteiger partial charge >= 0.3 is 0 Å². The van der Waals surface area contributed by atoms with Gasteiger partial charge in [0, 0.05) is 39.2 Å². The average Bonchev–Trinajstić information content (AvgIpc) is 3.15. The van der Waals surface area contributed by atoms with Crippen LogP contribution in [0.15, 0.2) is 17.5 Å². The molecule has 2 saturated heterocycles. The first-order chi connectivity index (χ1) is 12.0. The van der Waals surface area contributed by atoms with Crippen molar-refractivity contribution in [1.29, 1.82) is 0 Å². The molecule has 3 heterocycles. The number of likely N-dealkylation sites (tertiary alicyclic amines) is 1. The zero-order chi connectivity index (χ0) is 17.9. The van der Waals surface area contributed by atoms with Crippen molar-refractivity contribution in [3.05, 3.63) is 22.4 Å². The predicted molar refractivity (Wildman–Crippen MR) is 95.8 cm³/mol. The molecule has 7 heteroatoms. The molecule has 2 atom stereocenters. The molecule has 2 aliphatic rings. The van der Waals surface area contributed by atoms with Gasteiger partial charge in [0.2, 0.25) is 5.91 Å². The third-order valence-corrected chi connectivity index (χ3v) is 5.98. The third kappa shape index (κ3) is 4.04. The van der Waals surface area contributed by atoms with Crippen molar-refractivity contribution < 1.29 is 19.1 Å². The summed E-state index contributed by atoms with van der Waals surface area (Å²) in [5.41, 5.74) is -0.212. The fourth-order valence-electron chi connectivity index (χ4n) is 3.70. The number of piperidine rings is 1. The second-order valence-corrected chi connectivity index (χ2v) is 8.05. The molecule has 2 amide bonds. The molecule has 1 aromatic rings. The van der Waals surface area contributed by atoms with Crippen LogP contribution in [0.2, 0.25) is 0 Å². The Morgan fingerprint density at radius 1 is 1.48 bits per heavy atom. The van der Waals surface area contributed by atoms with E-state index in [0.717, 1.165) is 30.7 Å². The number of ether oxygens (including phenoxy) is 2. The highest BCUT2D eigenvalue weighted by atomic mass is 32.1. The predicted octanol–water partition coefficient (Wildman–Crippen LogP) is 1.86. The monoisotopic (exact) mass is 366 g/mol. The Hall–Kier alpha value is -1.44. The minimum absolute atomic E-state index is 0.0491. The van der Waals surface area contributed by atoms with E-state index in [1.807, 2.05) is 22.4 Å². The van der Waals surface area contributed by atoms with Crippen LogP contribution >= 0.6 is 11.3 Å². The highest BCUT2D eigenvalue weighted by molar-refractivity contribution is 7.12. The molecule has 0 saturated carbocycles. The van der Waals surface area contributed by atoms with Crippen LogP contribution in [0.4, 0.5) is 0 Å². The minimum Gasteiger partial charge on any atom is -0.377 e. The first-order valence-electron chi connectivity index (χ1n) is 8.74. The Morgan fingerprint density at radius 2 is 2.32 bits per heavy atom. The van der Waals surface area contributed by atoms with E-state index in [1.54, 1.807) is 14.1 Å². The van der Waals surface area contributed by atoms with Crippen LogP contribution in [0.25, 0.3) is 0 Å². The van der Waals surface area contributed by atoms with Gasteiger partial charge in [0.05, 0.1) is 17.6 Å². The molecule has 0 aliphatic carbocycles. The summed E-state index contributed by atoms with van der Waals surface area (Å²) >= 11 is 1.47.